The molecular formula is C24H24O5Si4. The molecular weight excluding hydrogens is 481 g/mol. The highest BCUT2D eigenvalue weighted by atomic mass is 30.2. The molecule has 5 rings (SSSR count). The molecule has 1 fully saturated rings. The maximum absolute atomic E-state index is 12.6. The van der Waals surface area contributed by atoms with Crippen LogP contribution in [0, 0.1) is 0 Å². The fourth-order valence-electron chi connectivity index (χ4n) is 5.21. The van der Waals surface area contributed by atoms with Crippen molar-refractivity contribution in [1.82, 2.24) is 0 Å². The van der Waals surface area contributed by atoms with Gasteiger partial charge in [-0.05, 0) is 17.3 Å². The Morgan fingerprint density at radius 2 is 0.818 bits per heavy atom. The van der Waals surface area contributed by atoms with Crippen molar-refractivity contribution in [2.45, 2.75) is 0 Å². The van der Waals surface area contributed by atoms with E-state index in [9.17, 15) is 19.2 Å². The summed E-state index contributed by atoms with van der Waals surface area (Å²) < 4.78 is 6.29. The quantitative estimate of drug-likeness (QED) is 0.295. The lowest BCUT2D eigenvalue weighted by Crippen LogP contribution is -3.17. The monoisotopic (exact) mass is 504 g/mol. The first-order chi connectivity index (χ1) is 15.9. The summed E-state index contributed by atoms with van der Waals surface area (Å²) in [5.74, 6) is 0.375. The van der Waals surface area contributed by atoms with E-state index < -0.39 is 29.7 Å². The maximum Gasteiger partial charge on any atom is 0.424 e. The van der Waals surface area contributed by atoms with Crippen LogP contribution in [0.5, 0.6) is 5.75 Å². The second kappa shape index (κ2) is 8.01. The van der Waals surface area contributed by atoms with Crippen molar-refractivity contribution in [3.05, 3.63) is 121 Å². The Balaban J connectivity index is 1.88. The van der Waals surface area contributed by atoms with Crippen LogP contribution in [0.3, 0.4) is 0 Å². The van der Waals surface area contributed by atoms with Crippen molar-refractivity contribution in [2.24, 2.45) is 0 Å². The van der Waals surface area contributed by atoms with Crippen molar-refractivity contribution in [3.8, 4) is 5.75 Å². The van der Waals surface area contributed by atoms with Crippen LogP contribution in [0.2, 0.25) is 0 Å². The van der Waals surface area contributed by atoms with E-state index in [1.165, 1.54) is 0 Å². The average Bonchev–Trinajstić information content (AvgIpc) is 2.86. The van der Waals surface area contributed by atoms with E-state index in [0.29, 0.717) is 10.9 Å². The van der Waals surface area contributed by atoms with Crippen LogP contribution in [0.1, 0.15) is 0 Å². The fraction of sp³-hybridized carbons (Fsp3) is 0. The summed E-state index contributed by atoms with van der Waals surface area (Å²) in [6.07, 6.45) is 0. The number of hydrogen-bond donors (Lipinski definition) is 4. The Hall–Kier alpha value is -2.61. The molecule has 9 heteroatoms. The van der Waals surface area contributed by atoms with Crippen LogP contribution in [-0.4, -0.2) is 48.8 Å². The van der Waals surface area contributed by atoms with Gasteiger partial charge in [-0.15, -0.1) is 0 Å². The molecule has 0 aliphatic carbocycles. The van der Waals surface area contributed by atoms with Gasteiger partial charge in [-0.25, -0.2) is 0 Å². The molecule has 4 N–H and O–H groups in total. The highest BCUT2D eigenvalue weighted by Crippen LogP contribution is 2.45. The molecule has 0 radical (unpaired) electrons. The summed E-state index contributed by atoms with van der Waals surface area (Å²) in [7, 11) is -16.7. The first-order valence-electron chi connectivity index (χ1n) is 10.7. The minimum Gasteiger partial charge on any atom is -0.522 e. The molecule has 1 saturated heterocycles. The van der Waals surface area contributed by atoms with E-state index in [0.717, 1.165) is 10.4 Å². The van der Waals surface area contributed by atoms with Crippen LogP contribution in [0.15, 0.2) is 121 Å². The Morgan fingerprint density at radius 1 is 0.455 bits per heavy atom. The maximum atomic E-state index is 12.6. The van der Waals surface area contributed by atoms with Crippen LogP contribution in [0.25, 0.3) is 0 Å². The number of rotatable bonds is 5. The second-order valence-electron chi connectivity index (χ2n) is 8.29. The molecule has 4 aromatic carbocycles. The summed E-state index contributed by atoms with van der Waals surface area (Å²) in [5.41, 5.74) is 0. The highest BCUT2D eigenvalue weighted by Gasteiger charge is 3.01. The third-order valence-corrected chi connectivity index (χ3v) is 67.4. The second-order valence-corrected chi connectivity index (χ2v) is 38.9. The molecule has 0 amide bonds. The molecule has 2 unspecified atom stereocenters. The van der Waals surface area contributed by atoms with E-state index in [2.05, 4.69) is 0 Å². The largest absolute Gasteiger partial charge is 0.522 e. The van der Waals surface area contributed by atoms with Gasteiger partial charge >= 0.3 is 15.2 Å². The number of benzene rings is 4. The van der Waals surface area contributed by atoms with E-state index in [-0.39, 0.29) is 0 Å². The first kappa shape index (κ1) is 22.2. The molecule has 1 heterocycles. The SMILES string of the molecule is O[Si]1(O)[Si](O)(Oc2ccccc2)[Si](c2ccccc2)(c2ccccc2)[Si]1(O)c1ccccc1. The summed E-state index contributed by atoms with van der Waals surface area (Å²) >= 11 is 0. The molecule has 0 aromatic heterocycles. The van der Waals surface area contributed by atoms with Crippen LogP contribution >= 0.6 is 0 Å². The van der Waals surface area contributed by atoms with Crippen molar-refractivity contribution in [1.29, 1.82) is 0 Å². The number of hydrogen-bond acceptors (Lipinski definition) is 5. The smallest absolute Gasteiger partial charge is 0.424 e. The zero-order valence-electron chi connectivity index (χ0n) is 17.7. The van der Waals surface area contributed by atoms with E-state index >= 15 is 0 Å². The fourth-order valence-corrected chi connectivity index (χ4v) is 84.5. The summed E-state index contributed by atoms with van der Waals surface area (Å²) in [4.78, 5) is 48.5. The predicted octanol–water partition coefficient (Wildman–Crippen LogP) is 0.362. The lowest BCUT2D eigenvalue weighted by atomic mass is 10.3. The topological polar surface area (TPSA) is 90.2 Å². The van der Waals surface area contributed by atoms with Crippen LogP contribution < -0.4 is 20.0 Å². The highest BCUT2D eigenvalue weighted by molar-refractivity contribution is 8.14. The first-order valence-corrected chi connectivity index (χ1v) is 22.4. The molecule has 33 heavy (non-hydrogen) atoms. The van der Waals surface area contributed by atoms with Gasteiger partial charge in [0.25, 0.3) is 7.35 Å². The van der Waals surface area contributed by atoms with Crippen LogP contribution in [-0.2, 0) is 0 Å². The Morgan fingerprint density at radius 3 is 1.24 bits per heavy atom. The summed E-state index contributed by atoms with van der Waals surface area (Å²) in [6, 6.07) is 36.4. The van der Waals surface area contributed by atoms with Gasteiger partial charge in [0.15, 0.2) is 0 Å². The lowest BCUT2D eigenvalue weighted by molar-refractivity contribution is 0.337. The van der Waals surface area contributed by atoms with Gasteiger partial charge in [0.1, 0.15) is 5.75 Å². The van der Waals surface area contributed by atoms with E-state index in [1.54, 1.807) is 48.5 Å². The van der Waals surface area contributed by atoms with E-state index in [1.807, 2.05) is 72.8 Å². The van der Waals surface area contributed by atoms with Gasteiger partial charge in [-0.1, -0.05) is 120 Å². The molecule has 5 nitrogen and oxygen atoms in total. The molecule has 1 aliphatic rings. The zero-order chi connectivity index (χ0) is 23.2. The van der Waals surface area contributed by atoms with Crippen molar-refractivity contribution < 1.29 is 23.6 Å². The molecule has 0 spiro atoms. The van der Waals surface area contributed by atoms with Gasteiger partial charge < -0.3 is 23.6 Å². The standard InChI is InChI=1S/C24H24O5Si4/c25-31(24-19-11-4-12-20-24)30(22-15-7-2-8-16-22,23-17-9-3-10-18-23)33(28,32(31,26)27)29-21-13-5-1-6-14-21/h1-20,25-28H. The van der Waals surface area contributed by atoms with Gasteiger partial charge in [-0.3, -0.25) is 0 Å². The molecule has 0 bridgehead atoms. The third-order valence-electron chi connectivity index (χ3n) is 6.64. The van der Waals surface area contributed by atoms with Gasteiger partial charge in [-0.2, -0.15) is 0 Å². The minimum atomic E-state index is -4.65. The molecule has 1 aliphatic heterocycles. The zero-order valence-corrected chi connectivity index (χ0v) is 21.7. The van der Waals surface area contributed by atoms with Gasteiger partial charge in [0.2, 0.25) is 7.11 Å². The van der Waals surface area contributed by atoms with Crippen LogP contribution in [0.4, 0.5) is 0 Å². The predicted molar refractivity (Wildman–Crippen MR) is 137 cm³/mol. The molecule has 0 saturated carbocycles. The molecule has 2 atom stereocenters. The van der Waals surface area contributed by atoms with Gasteiger partial charge in [0.05, 0.1) is 0 Å². The Labute approximate surface area is 195 Å². The minimum absolute atomic E-state index is 0.375. The normalized spacial score (nSPS) is 25.1. The summed E-state index contributed by atoms with van der Waals surface area (Å²) in [5, 5.41) is 2.03. The van der Waals surface area contributed by atoms with Crippen molar-refractivity contribution in [3.63, 3.8) is 0 Å². The number of para-hydroxylation sites is 1. The van der Waals surface area contributed by atoms with Gasteiger partial charge in [0, 0.05) is 0 Å². The Kier molecular flexibility index (Phi) is 5.38. The molecule has 166 valence electrons. The average molecular weight is 505 g/mol. The third kappa shape index (κ3) is 2.82. The van der Waals surface area contributed by atoms with Crippen molar-refractivity contribution in [2.75, 3.05) is 0 Å². The summed E-state index contributed by atoms with van der Waals surface area (Å²) in [6.45, 7) is 0. The Bertz CT molecular complexity index is 1210. The van der Waals surface area contributed by atoms with Crippen molar-refractivity contribution >= 4 is 45.2 Å². The lowest BCUT2D eigenvalue weighted by Gasteiger charge is -2.64. The van der Waals surface area contributed by atoms with E-state index in [4.69, 9.17) is 4.43 Å². The molecule has 4 aromatic rings.